The van der Waals surface area contributed by atoms with Gasteiger partial charge in [-0.05, 0) is 50.6 Å². The molecule has 0 unspecified atom stereocenters. The van der Waals surface area contributed by atoms with Crippen molar-refractivity contribution < 1.29 is 4.79 Å². The third-order valence-corrected chi connectivity index (χ3v) is 3.75. The van der Waals surface area contributed by atoms with Gasteiger partial charge in [-0.25, -0.2) is 0 Å². The number of hydrogen-bond acceptors (Lipinski definition) is 2. The van der Waals surface area contributed by atoms with Crippen LogP contribution in [0.15, 0.2) is 54.6 Å². The molecular formula is C20H23NO. The van der Waals surface area contributed by atoms with Crippen LogP contribution in [0.1, 0.15) is 35.3 Å². The molecule has 22 heavy (non-hydrogen) atoms. The van der Waals surface area contributed by atoms with Gasteiger partial charge in [0, 0.05) is 24.3 Å². The standard InChI is InChI=1S/C20H23NO/c1-4-21(5-2)19-12-9-17(10-13-19)11-14-20(22)18-8-6-7-16(3)15-18/h6-15H,4-5H2,1-3H3. The number of carbonyl (C=O) groups excluding carboxylic acids is 1. The summed E-state index contributed by atoms with van der Waals surface area (Å²) in [5, 5.41) is 0. The third kappa shape index (κ3) is 4.08. The highest BCUT2D eigenvalue weighted by atomic mass is 16.1. The molecule has 0 spiro atoms. The number of aryl methyl sites for hydroxylation is 1. The maximum atomic E-state index is 12.1. The molecule has 0 bridgehead atoms. The van der Waals surface area contributed by atoms with E-state index < -0.39 is 0 Å². The minimum atomic E-state index is 0.0384. The van der Waals surface area contributed by atoms with Crippen LogP contribution in [0.5, 0.6) is 0 Å². The molecule has 0 heterocycles. The number of ketones is 1. The van der Waals surface area contributed by atoms with Crippen molar-refractivity contribution in [3.05, 3.63) is 71.3 Å². The van der Waals surface area contributed by atoms with E-state index in [-0.39, 0.29) is 5.78 Å². The Bertz CT molecular complexity index is 652. The topological polar surface area (TPSA) is 20.3 Å². The molecule has 0 aliphatic heterocycles. The fraction of sp³-hybridized carbons (Fsp3) is 0.250. The van der Waals surface area contributed by atoms with E-state index in [0.29, 0.717) is 0 Å². The van der Waals surface area contributed by atoms with Crippen molar-refractivity contribution in [1.82, 2.24) is 0 Å². The molecule has 2 heteroatoms. The van der Waals surface area contributed by atoms with E-state index >= 15 is 0 Å². The van der Waals surface area contributed by atoms with Gasteiger partial charge >= 0.3 is 0 Å². The zero-order chi connectivity index (χ0) is 15.9. The van der Waals surface area contributed by atoms with E-state index in [1.165, 1.54) is 5.69 Å². The van der Waals surface area contributed by atoms with Gasteiger partial charge < -0.3 is 4.90 Å². The monoisotopic (exact) mass is 293 g/mol. The van der Waals surface area contributed by atoms with Gasteiger partial charge in [0.1, 0.15) is 0 Å². The predicted octanol–water partition coefficient (Wildman–Crippen LogP) is 4.74. The Morgan fingerprint density at radius 2 is 1.73 bits per heavy atom. The van der Waals surface area contributed by atoms with Crippen LogP contribution >= 0.6 is 0 Å². The molecule has 0 N–H and O–H groups in total. The van der Waals surface area contributed by atoms with Crippen molar-refractivity contribution in [2.75, 3.05) is 18.0 Å². The molecule has 2 aromatic rings. The number of anilines is 1. The van der Waals surface area contributed by atoms with E-state index in [1.807, 2.05) is 49.4 Å². The quantitative estimate of drug-likeness (QED) is 0.566. The lowest BCUT2D eigenvalue weighted by molar-refractivity contribution is 0.104. The first kappa shape index (κ1) is 16.0. The normalized spacial score (nSPS) is 10.9. The van der Waals surface area contributed by atoms with Crippen molar-refractivity contribution >= 4 is 17.5 Å². The lowest BCUT2D eigenvalue weighted by Crippen LogP contribution is -2.21. The van der Waals surface area contributed by atoms with E-state index in [4.69, 9.17) is 0 Å². The van der Waals surface area contributed by atoms with Gasteiger partial charge in [-0.2, -0.15) is 0 Å². The summed E-state index contributed by atoms with van der Waals surface area (Å²) in [5.74, 6) is 0.0384. The Hall–Kier alpha value is -2.35. The second-order valence-electron chi connectivity index (χ2n) is 5.33. The molecule has 0 saturated carbocycles. The fourth-order valence-electron chi connectivity index (χ4n) is 2.45. The smallest absolute Gasteiger partial charge is 0.185 e. The van der Waals surface area contributed by atoms with Gasteiger partial charge in [0.25, 0.3) is 0 Å². The third-order valence-electron chi connectivity index (χ3n) is 3.75. The average molecular weight is 293 g/mol. The van der Waals surface area contributed by atoms with E-state index in [9.17, 15) is 4.79 Å². The summed E-state index contributed by atoms with van der Waals surface area (Å²) in [6, 6.07) is 16.0. The van der Waals surface area contributed by atoms with Crippen LogP contribution in [-0.4, -0.2) is 18.9 Å². The van der Waals surface area contributed by atoms with Gasteiger partial charge in [-0.15, -0.1) is 0 Å². The van der Waals surface area contributed by atoms with Gasteiger partial charge in [-0.3, -0.25) is 4.79 Å². The molecule has 2 nitrogen and oxygen atoms in total. The lowest BCUT2D eigenvalue weighted by atomic mass is 10.1. The van der Waals surface area contributed by atoms with Crippen LogP contribution < -0.4 is 4.90 Å². The Kier molecular flexibility index (Phi) is 5.54. The van der Waals surface area contributed by atoms with Crippen LogP contribution in [0.3, 0.4) is 0 Å². The molecule has 0 radical (unpaired) electrons. The van der Waals surface area contributed by atoms with Crippen LogP contribution in [0.4, 0.5) is 5.69 Å². The highest BCUT2D eigenvalue weighted by molar-refractivity contribution is 6.06. The van der Waals surface area contributed by atoms with Crippen LogP contribution in [0, 0.1) is 6.92 Å². The fourth-order valence-corrected chi connectivity index (χ4v) is 2.45. The minimum Gasteiger partial charge on any atom is -0.372 e. The summed E-state index contributed by atoms with van der Waals surface area (Å²) < 4.78 is 0. The first-order valence-electron chi connectivity index (χ1n) is 7.78. The molecule has 0 aliphatic rings. The second-order valence-corrected chi connectivity index (χ2v) is 5.33. The minimum absolute atomic E-state index is 0.0384. The van der Waals surface area contributed by atoms with Gasteiger partial charge in [-0.1, -0.05) is 42.0 Å². The Morgan fingerprint density at radius 1 is 1.05 bits per heavy atom. The number of hydrogen-bond donors (Lipinski definition) is 0. The summed E-state index contributed by atoms with van der Waals surface area (Å²) in [4.78, 5) is 14.4. The Labute approximate surface area is 133 Å². The molecule has 0 aliphatic carbocycles. The molecule has 114 valence electrons. The van der Waals surface area contributed by atoms with Crippen LogP contribution in [0.25, 0.3) is 6.08 Å². The van der Waals surface area contributed by atoms with Gasteiger partial charge in [0.05, 0.1) is 0 Å². The number of rotatable bonds is 6. The number of benzene rings is 2. The summed E-state index contributed by atoms with van der Waals surface area (Å²) in [6.45, 7) is 8.29. The molecular weight excluding hydrogens is 270 g/mol. The van der Waals surface area contributed by atoms with Crippen molar-refractivity contribution in [2.24, 2.45) is 0 Å². The molecule has 0 aromatic heterocycles. The van der Waals surface area contributed by atoms with Crippen LogP contribution in [0.2, 0.25) is 0 Å². The van der Waals surface area contributed by atoms with Gasteiger partial charge in [0.2, 0.25) is 0 Å². The maximum Gasteiger partial charge on any atom is 0.185 e. The van der Waals surface area contributed by atoms with Crippen molar-refractivity contribution in [2.45, 2.75) is 20.8 Å². The number of allylic oxidation sites excluding steroid dienone is 1. The molecule has 0 amide bonds. The maximum absolute atomic E-state index is 12.1. The molecule has 0 atom stereocenters. The number of carbonyl (C=O) groups is 1. The van der Waals surface area contributed by atoms with Crippen molar-refractivity contribution in [1.29, 1.82) is 0 Å². The number of nitrogens with zero attached hydrogens (tertiary/aromatic N) is 1. The Balaban J connectivity index is 2.08. The molecule has 2 aromatic carbocycles. The first-order valence-corrected chi connectivity index (χ1v) is 7.78. The van der Waals surface area contributed by atoms with Crippen molar-refractivity contribution in [3.63, 3.8) is 0 Å². The molecule has 0 saturated heterocycles. The van der Waals surface area contributed by atoms with Crippen LogP contribution in [-0.2, 0) is 0 Å². The second kappa shape index (κ2) is 7.60. The van der Waals surface area contributed by atoms with E-state index in [0.717, 1.165) is 29.8 Å². The van der Waals surface area contributed by atoms with Crippen molar-refractivity contribution in [3.8, 4) is 0 Å². The molecule has 2 rings (SSSR count). The van der Waals surface area contributed by atoms with E-state index in [2.05, 4.69) is 30.9 Å². The lowest BCUT2D eigenvalue weighted by Gasteiger charge is -2.20. The average Bonchev–Trinajstić information content (AvgIpc) is 2.55. The Morgan fingerprint density at radius 3 is 2.32 bits per heavy atom. The first-order chi connectivity index (χ1) is 10.6. The summed E-state index contributed by atoms with van der Waals surface area (Å²) in [7, 11) is 0. The summed E-state index contributed by atoms with van der Waals surface area (Å²) in [5.41, 5.74) is 4.09. The van der Waals surface area contributed by atoms with Gasteiger partial charge in [0.15, 0.2) is 5.78 Å². The largest absolute Gasteiger partial charge is 0.372 e. The zero-order valence-corrected chi connectivity index (χ0v) is 13.5. The zero-order valence-electron chi connectivity index (χ0n) is 13.5. The summed E-state index contributed by atoms with van der Waals surface area (Å²) in [6.07, 6.45) is 3.51. The van der Waals surface area contributed by atoms with E-state index in [1.54, 1.807) is 6.08 Å². The summed E-state index contributed by atoms with van der Waals surface area (Å²) >= 11 is 0. The predicted molar refractivity (Wildman–Crippen MR) is 94.5 cm³/mol. The highest BCUT2D eigenvalue weighted by Gasteiger charge is 2.02. The SMILES string of the molecule is CCN(CC)c1ccc(C=CC(=O)c2cccc(C)c2)cc1. The molecule has 0 fully saturated rings. The highest BCUT2D eigenvalue weighted by Crippen LogP contribution is 2.16.